The number of carbonyl (C=O) groups excluding carboxylic acids is 1. The van der Waals surface area contributed by atoms with Gasteiger partial charge in [-0.25, -0.2) is 0 Å². The fourth-order valence-electron chi connectivity index (χ4n) is 4.69. The third kappa shape index (κ3) is 2.83. The molecule has 5 rings (SSSR count). The average Bonchev–Trinajstić information content (AvgIpc) is 3.29. The fraction of sp³-hybridized carbons (Fsp3) is 0.304. The molecular weight excluding hydrogens is 370 g/mol. The van der Waals surface area contributed by atoms with Gasteiger partial charge < -0.3 is 4.90 Å². The predicted octanol–water partition coefficient (Wildman–Crippen LogP) is 5.61. The summed E-state index contributed by atoms with van der Waals surface area (Å²) in [7, 11) is 0. The second-order valence-corrected chi connectivity index (χ2v) is 8.12. The predicted molar refractivity (Wildman–Crippen MR) is 110 cm³/mol. The highest BCUT2D eigenvalue weighted by Gasteiger charge is 2.45. The van der Waals surface area contributed by atoms with Gasteiger partial charge in [-0.3, -0.25) is 9.89 Å². The Balaban J connectivity index is 1.65. The number of carbonyl (C=O) groups is 1. The van der Waals surface area contributed by atoms with Gasteiger partial charge in [-0.15, -0.1) is 0 Å². The SMILES string of the molecule is O=C1c2[nH]nc(-c3ccc(Cl)cc3)c2C(c2ccccc2)N1C1CCCCC1. The van der Waals surface area contributed by atoms with Gasteiger partial charge in [0.2, 0.25) is 0 Å². The van der Waals surface area contributed by atoms with Crippen LogP contribution in [0.1, 0.15) is 59.8 Å². The molecule has 2 heterocycles. The molecule has 28 heavy (non-hydrogen) atoms. The van der Waals surface area contributed by atoms with Crippen molar-refractivity contribution in [2.24, 2.45) is 0 Å². The molecule has 0 saturated heterocycles. The second-order valence-electron chi connectivity index (χ2n) is 7.69. The molecule has 1 amide bonds. The smallest absolute Gasteiger partial charge is 0.273 e. The number of hydrogen-bond donors (Lipinski definition) is 1. The van der Waals surface area contributed by atoms with E-state index < -0.39 is 0 Å². The molecule has 4 nitrogen and oxygen atoms in total. The Morgan fingerprint density at radius 1 is 0.964 bits per heavy atom. The Labute approximate surface area is 169 Å². The first-order valence-electron chi connectivity index (χ1n) is 9.96. The van der Waals surface area contributed by atoms with Crippen LogP contribution in [-0.4, -0.2) is 27.0 Å². The van der Waals surface area contributed by atoms with E-state index in [2.05, 4.69) is 27.2 Å². The van der Waals surface area contributed by atoms with Crippen LogP contribution < -0.4 is 0 Å². The molecule has 1 fully saturated rings. The van der Waals surface area contributed by atoms with Gasteiger partial charge in [0.15, 0.2) is 0 Å². The zero-order valence-corrected chi connectivity index (χ0v) is 16.3. The highest BCUT2D eigenvalue weighted by Crippen LogP contribution is 2.45. The van der Waals surface area contributed by atoms with Crippen LogP contribution in [0.2, 0.25) is 5.02 Å². The number of rotatable bonds is 3. The summed E-state index contributed by atoms with van der Waals surface area (Å²) < 4.78 is 0. The summed E-state index contributed by atoms with van der Waals surface area (Å²) in [6.07, 6.45) is 5.78. The minimum Gasteiger partial charge on any atom is -0.323 e. The van der Waals surface area contributed by atoms with E-state index in [-0.39, 0.29) is 18.0 Å². The van der Waals surface area contributed by atoms with Gasteiger partial charge in [-0.05, 0) is 30.5 Å². The van der Waals surface area contributed by atoms with E-state index in [1.54, 1.807) is 0 Å². The molecule has 0 radical (unpaired) electrons. The van der Waals surface area contributed by atoms with E-state index in [1.807, 2.05) is 42.5 Å². The van der Waals surface area contributed by atoms with Crippen molar-refractivity contribution in [3.63, 3.8) is 0 Å². The number of nitrogens with one attached hydrogen (secondary N) is 1. The van der Waals surface area contributed by atoms with Gasteiger partial charge in [-0.2, -0.15) is 5.10 Å². The number of amides is 1. The van der Waals surface area contributed by atoms with Crippen molar-refractivity contribution in [2.75, 3.05) is 0 Å². The number of benzene rings is 2. The average molecular weight is 392 g/mol. The number of aromatic amines is 1. The maximum Gasteiger partial charge on any atom is 0.273 e. The van der Waals surface area contributed by atoms with E-state index >= 15 is 0 Å². The van der Waals surface area contributed by atoms with Crippen molar-refractivity contribution in [2.45, 2.75) is 44.2 Å². The normalized spacial score (nSPS) is 19.8. The van der Waals surface area contributed by atoms with E-state index in [1.165, 1.54) is 19.3 Å². The van der Waals surface area contributed by atoms with Crippen LogP contribution in [0.4, 0.5) is 0 Å². The minimum absolute atomic E-state index is 0.0727. The topological polar surface area (TPSA) is 49.0 Å². The van der Waals surface area contributed by atoms with Crippen LogP contribution in [0.25, 0.3) is 11.3 Å². The van der Waals surface area contributed by atoms with Gasteiger partial charge in [-0.1, -0.05) is 73.3 Å². The maximum absolute atomic E-state index is 13.4. The van der Waals surface area contributed by atoms with Crippen LogP contribution in [0, 0.1) is 0 Å². The monoisotopic (exact) mass is 391 g/mol. The van der Waals surface area contributed by atoms with Crippen molar-refractivity contribution >= 4 is 17.5 Å². The van der Waals surface area contributed by atoms with E-state index in [4.69, 9.17) is 11.6 Å². The van der Waals surface area contributed by atoms with Crippen molar-refractivity contribution < 1.29 is 4.79 Å². The first kappa shape index (κ1) is 17.5. The van der Waals surface area contributed by atoms with Crippen molar-refractivity contribution in [1.29, 1.82) is 0 Å². The summed E-state index contributed by atoms with van der Waals surface area (Å²) in [5, 5.41) is 8.26. The summed E-state index contributed by atoms with van der Waals surface area (Å²) >= 11 is 6.07. The van der Waals surface area contributed by atoms with Gasteiger partial charge in [0.25, 0.3) is 5.91 Å². The first-order chi connectivity index (χ1) is 13.7. The fourth-order valence-corrected chi connectivity index (χ4v) is 4.82. The lowest BCUT2D eigenvalue weighted by molar-refractivity contribution is 0.0606. The molecule has 2 aromatic carbocycles. The van der Waals surface area contributed by atoms with Crippen molar-refractivity contribution in [1.82, 2.24) is 15.1 Å². The summed E-state index contributed by atoms with van der Waals surface area (Å²) in [6.45, 7) is 0. The molecule has 1 unspecified atom stereocenters. The third-order valence-corrected chi connectivity index (χ3v) is 6.26. The molecule has 5 heteroatoms. The van der Waals surface area contributed by atoms with Crippen molar-refractivity contribution in [3.8, 4) is 11.3 Å². The van der Waals surface area contributed by atoms with Crippen LogP contribution >= 0.6 is 11.6 Å². The minimum atomic E-state index is -0.101. The Hall–Kier alpha value is -2.59. The molecule has 1 aliphatic heterocycles. The maximum atomic E-state index is 13.4. The van der Waals surface area contributed by atoms with Gasteiger partial charge in [0.05, 0.1) is 11.7 Å². The Morgan fingerprint density at radius 2 is 1.68 bits per heavy atom. The van der Waals surface area contributed by atoms with Gasteiger partial charge in [0, 0.05) is 22.2 Å². The summed E-state index contributed by atoms with van der Waals surface area (Å²) in [5.74, 6) is 0.0727. The standard InChI is InChI=1S/C23H22ClN3O/c24-17-13-11-15(12-14-17)20-19-21(26-25-20)23(28)27(18-9-5-2-6-10-18)22(19)16-7-3-1-4-8-16/h1,3-4,7-8,11-14,18,22H,2,5-6,9-10H2,(H,25,26). The molecule has 3 aromatic rings. The van der Waals surface area contributed by atoms with E-state index in [9.17, 15) is 4.79 Å². The highest BCUT2D eigenvalue weighted by molar-refractivity contribution is 6.30. The lowest BCUT2D eigenvalue weighted by atomic mass is 9.91. The van der Waals surface area contributed by atoms with Gasteiger partial charge >= 0.3 is 0 Å². The lowest BCUT2D eigenvalue weighted by Crippen LogP contribution is -2.40. The van der Waals surface area contributed by atoms with E-state index in [0.717, 1.165) is 35.2 Å². The molecule has 1 aromatic heterocycles. The molecule has 1 aliphatic carbocycles. The van der Waals surface area contributed by atoms with Crippen LogP contribution in [-0.2, 0) is 0 Å². The van der Waals surface area contributed by atoms with Crippen LogP contribution in [0.3, 0.4) is 0 Å². The van der Waals surface area contributed by atoms with Gasteiger partial charge in [0.1, 0.15) is 5.69 Å². The molecular formula is C23H22ClN3O. The van der Waals surface area contributed by atoms with E-state index in [0.29, 0.717) is 10.7 Å². The lowest BCUT2D eigenvalue weighted by Gasteiger charge is -2.36. The molecule has 142 valence electrons. The van der Waals surface area contributed by atoms with Crippen LogP contribution in [0.15, 0.2) is 54.6 Å². The number of hydrogen-bond acceptors (Lipinski definition) is 2. The Morgan fingerprint density at radius 3 is 2.39 bits per heavy atom. The zero-order valence-electron chi connectivity index (χ0n) is 15.6. The number of nitrogens with zero attached hydrogens (tertiary/aromatic N) is 2. The number of H-pyrrole nitrogens is 1. The summed E-state index contributed by atoms with van der Waals surface area (Å²) in [6, 6.07) is 18.2. The Bertz CT molecular complexity index is 990. The summed E-state index contributed by atoms with van der Waals surface area (Å²) in [5.41, 5.74) is 4.57. The molecule has 2 aliphatic rings. The first-order valence-corrected chi connectivity index (χ1v) is 10.3. The quantitative estimate of drug-likeness (QED) is 0.631. The zero-order chi connectivity index (χ0) is 19.1. The molecule has 0 bridgehead atoms. The highest BCUT2D eigenvalue weighted by atomic mass is 35.5. The summed E-state index contributed by atoms with van der Waals surface area (Å²) in [4.78, 5) is 15.5. The second kappa shape index (κ2) is 7.10. The third-order valence-electron chi connectivity index (χ3n) is 6.01. The van der Waals surface area contributed by atoms with Crippen molar-refractivity contribution in [3.05, 3.63) is 76.4 Å². The molecule has 0 spiro atoms. The number of halogens is 1. The molecule has 1 atom stereocenters. The molecule has 1 saturated carbocycles. The molecule has 1 N–H and O–H groups in total. The van der Waals surface area contributed by atoms with Crippen LogP contribution in [0.5, 0.6) is 0 Å². The number of fused-ring (bicyclic) bond motifs is 1. The number of aromatic nitrogens is 2. The Kier molecular flexibility index (Phi) is 4.44. The largest absolute Gasteiger partial charge is 0.323 e.